The van der Waals surface area contributed by atoms with Crippen molar-refractivity contribution in [3.63, 3.8) is 0 Å². The van der Waals surface area contributed by atoms with Crippen LogP contribution < -0.4 is 15.0 Å². The van der Waals surface area contributed by atoms with Gasteiger partial charge in [-0.05, 0) is 76.3 Å². The first-order chi connectivity index (χ1) is 38.1. The normalized spacial score (nSPS) is 20.7. The van der Waals surface area contributed by atoms with Gasteiger partial charge >= 0.3 is 12.1 Å². The number of amides is 3. The minimum absolute atomic E-state index is 0.0199. The first-order valence-corrected chi connectivity index (χ1v) is 25.2. The quantitative estimate of drug-likeness (QED) is 0.0412. The van der Waals surface area contributed by atoms with E-state index >= 15 is 19.2 Å². The number of aliphatic hydroxyl groups excluding tert-OH is 2. The van der Waals surface area contributed by atoms with Gasteiger partial charge in [0.1, 0.15) is 48.6 Å². The van der Waals surface area contributed by atoms with E-state index in [0.29, 0.717) is 38.9 Å². The van der Waals surface area contributed by atoms with Gasteiger partial charge in [0.25, 0.3) is 5.69 Å². The summed E-state index contributed by atoms with van der Waals surface area (Å²) in [4.78, 5) is 77.1. The molecule has 3 amide bonds. The van der Waals surface area contributed by atoms with Crippen molar-refractivity contribution in [1.82, 2.24) is 25.2 Å². The van der Waals surface area contributed by atoms with Gasteiger partial charge in [0, 0.05) is 29.8 Å². The number of ether oxygens (including phenoxy) is 3. The number of anilines is 1. The molecule has 18 heteroatoms. The van der Waals surface area contributed by atoms with Crippen molar-refractivity contribution in [2.24, 2.45) is 5.92 Å². The fourth-order valence-electron chi connectivity index (χ4n) is 11.2. The lowest BCUT2D eigenvalue weighted by atomic mass is 9.65. The predicted octanol–water partition coefficient (Wildman–Crippen LogP) is 7.61. The maximum Gasteiger partial charge on any atom is 0.421 e. The van der Waals surface area contributed by atoms with Gasteiger partial charge in [-0.3, -0.25) is 29.4 Å². The lowest BCUT2D eigenvalue weighted by Crippen LogP contribution is -2.56. The van der Waals surface area contributed by atoms with Crippen LogP contribution in [0.1, 0.15) is 63.2 Å². The smallest absolute Gasteiger partial charge is 0.421 e. The second kappa shape index (κ2) is 21.6. The number of aliphatic hydroxyl groups is 2. The Morgan fingerprint density at radius 1 is 0.821 bits per heavy atom. The Morgan fingerprint density at radius 2 is 1.50 bits per heavy atom. The number of hydrogen-bond donors (Lipinski definition) is 3. The summed E-state index contributed by atoms with van der Waals surface area (Å²) in [7, 11) is 0. The molecule has 2 saturated heterocycles. The molecule has 7 atom stereocenters. The number of aromatic nitrogens is 3. The van der Waals surface area contributed by atoms with E-state index in [0.717, 1.165) is 10.4 Å². The van der Waals surface area contributed by atoms with Crippen molar-refractivity contribution in [3.05, 3.63) is 231 Å². The van der Waals surface area contributed by atoms with Crippen LogP contribution in [0.25, 0.3) is 11.0 Å². The summed E-state index contributed by atoms with van der Waals surface area (Å²) in [5, 5.41) is 44.7. The number of non-ortho nitro benzene ring substituents is 1. The van der Waals surface area contributed by atoms with Crippen LogP contribution >= 0.6 is 0 Å². The number of imide groups is 1. The van der Waals surface area contributed by atoms with Crippen LogP contribution in [0.5, 0.6) is 5.75 Å². The molecule has 1 spiro atoms. The summed E-state index contributed by atoms with van der Waals surface area (Å²) in [6, 6.07) is 47.6. The topological polar surface area (TPSA) is 229 Å². The van der Waals surface area contributed by atoms with Gasteiger partial charge in [0.15, 0.2) is 0 Å². The van der Waals surface area contributed by atoms with E-state index < -0.39 is 77.1 Å². The number of para-hydroxylation sites is 2. The highest BCUT2D eigenvalue weighted by molar-refractivity contribution is 6.23. The van der Waals surface area contributed by atoms with Gasteiger partial charge in [-0.2, -0.15) is 0 Å². The molecule has 18 nitrogen and oxygen atoms in total. The molecular formula is C60H49N7O11. The summed E-state index contributed by atoms with van der Waals surface area (Å²) < 4.78 is 20.5. The highest BCUT2D eigenvalue weighted by atomic mass is 16.6. The summed E-state index contributed by atoms with van der Waals surface area (Å²) in [6.45, 7) is -1.22. The number of nitro groups is 1. The molecule has 390 valence electrons. The summed E-state index contributed by atoms with van der Waals surface area (Å²) in [5.41, 5.74) is 1.95. The van der Waals surface area contributed by atoms with Gasteiger partial charge < -0.3 is 29.7 Å². The van der Waals surface area contributed by atoms with Crippen molar-refractivity contribution in [2.75, 3.05) is 24.7 Å². The van der Waals surface area contributed by atoms with Crippen LogP contribution in [0.3, 0.4) is 0 Å². The molecule has 3 aliphatic heterocycles. The lowest BCUT2D eigenvalue weighted by Gasteiger charge is -2.46. The Kier molecular flexibility index (Phi) is 14.0. The van der Waals surface area contributed by atoms with Gasteiger partial charge in [-0.25, -0.2) is 14.4 Å². The molecule has 11 rings (SSSR count). The van der Waals surface area contributed by atoms with Crippen LogP contribution in [0.15, 0.2) is 182 Å². The van der Waals surface area contributed by atoms with Crippen LogP contribution in [-0.2, 0) is 42.4 Å². The third-order valence-corrected chi connectivity index (χ3v) is 14.5. The Morgan fingerprint density at radius 3 is 2.23 bits per heavy atom. The van der Waals surface area contributed by atoms with E-state index in [-0.39, 0.29) is 49.0 Å². The molecule has 0 bridgehead atoms. The number of cyclic esters (lactones) is 1. The number of rotatable bonds is 14. The molecule has 78 heavy (non-hydrogen) atoms. The van der Waals surface area contributed by atoms with Gasteiger partial charge in [-0.1, -0.05) is 138 Å². The number of fused-ring (bicyclic) bond motifs is 4. The van der Waals surface area contributed by atoms with E-state index in [9.17, 15) is 20.3 Å². The Hall–Kier alpha value is -9.54. The van der Waals surface area contributed by atoms with Crippen LogP contribution in [0.2, 0.25) is 0 Å². The summed E-state index contributed by atoms with van der Waals surface area (Å²) in [5.74, 6) is 2.23. The average molecular weight is 1040 g/mol. The number of nitrogens with one attached hydrogen (secondary N) is 1. The molecule has 0 radical (unpaired) electrons. The van der Waals surface area contributed by atoms with Crippen LogP contribution in [-0.4, -0.2) is 84.7 Å². The zero-order valence-corrected chi connectivity index (χ0v) is 41.6. The van der Waals surface area contributed by atoms with E-state index in [1.54, 1.807) is 77.5 Å². The first-order valence-electron chi connectivity index (χ1n) is 25.2. The maximum atomic E-state index is 16.8. The SMILES string of the molecule is O=C1OC(c2ccccc2)C(c2ccccc2)N2C1C(C(=O)NCC(O)c1ccccc1)C1(C(=O)N(C(=O)OCc3ccc([N+](=O)[O-])cc3)c3ccc(C#CCn4nnc5ccccc54)cc31)C2c1ccccc1OCCO. The van der Waals surface area contributed by atoms with E-state index in [1.807, 2.05) is 89.8 Å². The van der Waals surface area contributed by atoms with Gasteiger partial charge in [0.2, 0.25) is 11.8 Å². The molecular weight excluding hydrogens is 995 g/mol. The van der Waals surface area contributed by atoms with Crippen LogP contribution in [0.4, 0.5) is 16.2 Å². The fraction of sp³-hybridized carbons (Fsp3) is 0.200. The summed E-state index contributed by atoms with van der Waals surface area (Å²) >= 11 is 0. The van der Waals surface area contributed by atoms with Gasteiger partial charge in [-0.15, -0.1) is 5.10 Å². The Bertz CT molecular complexity index is 3630. The molecule has 7 unspecified atom stereocenters. The predicted molar refractivity (Wildman–Crippen MR) is 283 cm³/mol. The lowest BCUT2D eigenvalue weighted by molar-refractivity contribution is -0.384. The third kappa shape index (κ3) is 9.15. The standard InChI is InChI=1S/C60H49N7O11/c68-33-34-76-50-25-13-10-22-44(50)55-60(51(56(70)61-36-49(69)40-16-4-1-5-17-40)53-57(71)78-54(42-20-8-3-9-21-42)52(66(53)55)41-18-6-2-7-19-41)45-35-38(15-14-32-64-48-24-12-11-23-46(48)62-63-64)28-31-47(45)65(58(60)72)59(73)77-37-39-26-29-43(30-27-39)67(74)75/h1-13,16-31,35,49,51-55,68-69H,32-34,36-37H2,(H,61,70). The number of morpholine rings is 1. The van der Waals surface area contributed by atoms with Crippen molar-refractivity contribution in [2.45, 2.75) is 48.9 Å². The van der Waals surface area contributed by atoms with Crippen molar-refractivity contribution in [1.29, 1.82) is 0 Å². The van der Waals surface area contributed by atoms with E-state index in [2.05, 4.69) is 27.5 Å². The second-order valence-electron chi connectivity index (χ2n) is 18.9. The fourth-order valence-corrected chi connectivity index (χ4v) is 11.2. The number of esters is 1. The molecule has 4 heterocycles. The largest absolute Gasteiger partial charge is 0.491 e. The maximum absolute atomic E-state index is 16.8. The summed E-state index contributed by atoms with van der Waals surface area (Å²) in [6.07, 6.45) is -3.41. The molecule has 7 aromatic carbocycles. The molecule has 3 N–H and O–H groups in total. The number of nitrogens with zero attached hydrogens (tertiary/aromatic N) is 6. The molecule has 8 aromatic rings. The third-order valence-electron chi connectivity index (χ3n) is 14.5. The van der Waals surface area contributed by atoms with Crippen molar-refractivity contribution in [3.8, 4) is 17.6 Å². The van der Waals surface area contributed by atoms with Crippen LogP contribution in [0, 0.1) is 27.9 Å². The minimum atomic E-state index is -2.27. The van der Waals surface area contributed by atoms with Gasteiger partial charge in [0.05, 0.1) is 46.8 Å². The molecule has 0 aliphatic carbocycles. The highest BCUT2D eigenvalue weighted by Crippen LogP contribution is 2.66. The molecule has 3 aliphatic rings. The van der Waals surface area contributed by atoms with E-state index in [4.69, 9.17) is 14.2 Å². The second-order valence-corrected chi connectivity index (χ2v) is 18.9. The molecule has 2 fully saturated rings. The van der Waals surface area contributed by atoms with Crippen molar-refractivity contribution >= 4 is 46.3 Å². The zero-order chi connectivity index (χ0) is 53.9. The zero-order valence-electron chi connectivity index (χ0n) is 41.6. The Balaban J connectivity index is 1.15. The monoisotopic (exact) mass is 1040 g/mol. The highest BCUT2D eigenvalue weighted by Gasteiger charge is 2.76. The Labute approximate surface area is 446 Å². The van der Waals surface area contributed by atoms with E-state index in [1.165, 1.54) is 24.3 Å². The minimum Gasteiger partial charge on any atom is -0.491 e. The molecule has 0 saturated carbocycles. The number of benzene rings is 7. The first kappa shape index (κ1) is 50.6. The number of nitro benzene ring substituents is 1. The number of hydrogen-bond acceptors (Lipinski definition) is 14. The number of carbonyl (C=O) groups excluding carboxylic acids is 4. The molecule has 1 aromatic heterocycles. The average Bonchev–Trinajstić information content (AvgIpc) is 2.86. The number of carbonyl (C=O) groups is 4. The van der Waals surface area contributed by atoms with Crippen molar-refractivity contribution < 1.29 is 48.5 Å².